The predicted octanol–water partition coefficient (Wildman–Crippen LogP) is 1.70. The average Bonchev–Trinajstić information content (AvgIpc) is 2.47. The number of nitrogens with one attached hydrogen (secondary N) is 2. The van der Waals surface area contributed by atoms with Crippen molar-refractivity contribution in [2.45, 2.75) is 5.92 Å². The zero-order valence-corrected chi connectivity index (χ0v) is 9.39. The molecule has 14 heavy (non-hydrogen) atoms. The van der Waals surface area contributed by atoms with E-state index in [0.717, 1.165) is 15.7 Å². The quantitative estimate of drug-likeness (QED) is 0.844. The highest BCUT2D eigenvalue weighted by Gasteiger charge is 2.30. The standard InChI is InChI=1S/C10H11BrN2O/c1-12-5-7-6-3-2-4-8(11)9(6)13-10(7)14/h2-4,7,12H,5H2,1H3,(H,13,14). The topological polar surface area (TPSA) is 41.1 Å². The van der Waals surface area contributed by atoms with Crippen molar-refractivity contribution in [3.8, 4) is 0 Å². The smallest absolute Gasteiger partial charge is 0.233 e. The van der Waals surface area contributed by atoms with Crippen molar-refractivity contribution in [2.24, 2.45) is 0 Å². The summed E-state index contributed by atoms with van der Waals surface area (Å²) in [5.41, 5.74) is 1.98. The maximum atomic E-state index is 11.6. The number of benzene rings is 1. The summed E-state index contributed by atoms with van der Waals surface area (Å²) in [5, 5.41) is 5.90. The highest BCUT2D eigenvalue weighted by molar-refractivity contribution is 9.10. The van der Waals surface area contributed by atoms with Crippen molar-refractivity contribution in [1.82, 2.24) is 5.32 Å². The van der Waals surface area contributed by atoms with Crippen LogP contribution < -0.4 is 10.6 Å². The first kappa shape index (κ1) is 9.68. The Morgan fingerprint density at radius 3 is 3.07 bits per heavy atom. The number of carbonyl (C=O) groups is 1. The molecule has 1 aromatic rings. The zero-order valence-electron chi connectivity index (χ0n) is 7.80. The molecule has 1 amide bonds. The summed E-state index contributed by atoms with van der Waals surface area (Å²) >= 11 is 3.42. The lowest BCUT2D eigenvalue weighted by Gasteiger charge is -2.06. The second kappa shape index (κ2) is 3.71. The Balaban J connectivity index is 2.42. The molecule has 0 fully saturated rings. The van der Waals surface area contributed by atoms with E-state index in [9.17, 15) is 4.79 Å². The first-order valence-corrected chi connectivity index (χ1v) is 5.27. The molecule has 1 atom stereocenters. The zero-order chi connectivity index (χ0) is 10.1. The molecule has 0 radical (unpaired) electrons. The minimum Gasteiger partial charge on any atom is -0.324 e. The Hall–Kier alpha value is -0.870. The number of halogens is 1. The first-order chi connectivity index (χ1) is 6.74. The van der Waals surface area contributed by atoms with Gasteiger partial charge in [-0.3, -0.25) is 4.79 Å². The van der Waals surface area contributed by atoms with Crippen molar-refractivity contribution in [1.29, 1.82) is 0 Å². The third-order valence-electron chi connectivity index (χ3n) is 2.39. The van der Waals surface area contributed by atoms with Crippen LogP contribution in [0.2, 0.25) is 0 Å². The van der Waals surface area contributed by atoms with E-state index in [1.807, 2.05) is 25.2 Å². The number of anilines is 1. The van der Waals surface area contributed by atoms with E-state index in [2.05, 4.69) is 26.6 Å². The van der Waals surface area contributed by atoms with E-state index in [4.69, 9.17) is 0 Å². The van der Waals surface area contributed by atoms with Gasteiger partial charge in [-0.05, 0) is 34.6 Å². The molecule has 1 heterocycles. The molecule has 4 heteroatoms. The number of carbonyl (C=O) groups excluding carboxylic acids is 1. The Morgan fingerprint density at radius 2 is 2.36 bits per heavy atom. The van der Waals surface area contributed by atoms with Gasteiger partial charge < -0.3 is 10.6 Å². The van der Waals surface area contributed by atoms with Crippen LogP contribution in [0.4, 0.5) is 5.69 Å². The largest absolute Gasteiger partial charge is 0.324 e. The fourth-order valence-electron chi connectivity index (χ4n) is 1.72. The molecule has 2 N–H and O–H groups in total. The molecule has 3 nitrogen and oxygen atoms in total. The third kappa shape index (κ3) is 1.44. The maximum Gasteiger partial charge on any atom is 0.233 e. The highest BCUT2D eigenvalue weighted by Crippen LogP contribution is 2.37. The van der Waals surface area contributed by atoms with Crippen LogP contribution in [-0.2, 0) is 4.79 Å². The lowest BCUT2D eigenvalue weighted by atomic mass is 10.0. The van der Waals surface area contributed by atoms with Gasteiger partial charge in [-0.1, -0.05) is 12.1 Å². The van der Waals surface area contributed by atoms with Gasteiger partial charge in [0.2, 0.25) is 5.91 Å². The Labute approximate surface area is 91.0 Å². The molecular weight excluding hydrogens is 244 g/mol. The maximum absolute atomic E-state index is 11.6. The second-order valence-electron chi connectivity index (χ2n) is 3.30. The van der Waals surface area contributed by atoms with Gasteiger partial charge >= 0.3 is 0 Å². The Morgan fingerprint density at radius 1 is 1.57 bits per heavy atom. The normalized spacial score (nSPS) is 19.3. The summed E-state index contributed by atoms with van der Waals surface area (Å²) in [6, 6.07) is 5.87. The minimum atomic E-state index is -0.0625. The number of para-hydroxylation sites is 1. The Bertz CT molecular complexity index is 378. The van der Waals surface area contributed by atoms with Crippen molar-refractivity contribution >= 4 is 27.5 Å². The van der Waals surface area contributed by atoms with Gasteiger partial charge in [-0.25, -0.2) is 0 Å². The summed E-state index contributed by atoms with van der Waals surface area (Å²) in [6.07, 6.45) is 0. The van der Waals surface area contributed by atoms with Gasteiger partial charge in [-0.15, -0.1) is 0 Å². The van der Waals surface area contributed by atoms with Crippen molar-refractivity contribution < 1.29 is 4.79 Å². The van der Waals surface area contributed by atoms with E-state index in [1.54, 1.807) is 0 Å². The van der Waals surface area contributed by atoms with Crippen LogP contribution in [0.3, 0.4) is 0 Å². The van der Waals surface area contributed by atoms with E-state index >= 15 is 0 Å². The molecule has 0 aliphatic carbocycles. The number of hydrogen-bond donors (Lipinski definition) is 2. The summed E-state index contributed by atoms with van der Waals surface area (Å²) in [4.78, 5) is 11.6. The summed E-state index contributed by atoms with van der Waals surface area (Å²) in [7, 11) is 1.85. The second-order valence-corrected chi connectivity index (χ2v) is 4.16. The van der Waals surface area contributed by atoms with Crippen LogP contribution in [0.15, 0.2) is 22.7 Å². The van der Waals surface area contributed by atoms with Crippen LogP contribution in [0.1, 0.15) is 11.5 Å². The predicted molar refractivity (Wildman–Crippen MR) is 59.4 cm³/mol. The van der Waals surface area contributed by atoms with E-state index < -0.39 is 0 Å². The van der Waals surface area contributed by atoms with Gasteiger partial charge in [0.05, 0.1) is 11.6 Å². The molecule has 0 saturated heterocycles. The third-order valence-corrected chi connectivity index (χ3v) is 3.06. The average molecular weight is 255 g/mol. The summed E-state index contributed by atoms with van der Waals surface area (Å²) in [6.45, 7) is 0.676. The first-order valence-electron chi connectivity index (χ1n) is 4.48. The van der Waals surface area contributed by atoms with Crippen molar-refractivity contribution in [3.05, 3.63) is 28.2 Å². The minimum absolute atomic E-state index is 0.0625. The molecule has 1 unspecified atom stereocenters. The van der Waals surface area contributed by atoms with Crippen molar-refractivity contribution in [3.63, 3.8) is 0 Å². The van der Waals surface area contributed by atoms with Crippen LogP contribution in [0.25, 0.3) is 0 Å². The number of amides is 1. The molecule has 0 aromatic heterocycles. The van der Waals surface area contributed by atoms with Crippen LogP contribution in [0.5, 0.6) is 0 Å². The van der Waals surface area contributed by atoms with Crippen LogP contribution in [-0.4, -0.2) is 19.5 Å². The number of fused-ring (bicyclic) bond motifs is 1. The molecule has 0 saturated carbocycles. The van der Waals surface area contributed by atoms with Crippen molar-refractivity contribution in [2.75, 3.05) is 18.9 Å². The van der Waals surface area contributed by atoms with E-state index in [1.165, 1.54) is 0 Å². The molecular formula is C10H11BrN2O. The highest BCUT2D eigenvalue weighted by atomic mass is 79.9. The number of rotatable bonds is 2. The van der Waals surface area contributed by atoms with Gasteiger partial charge in [0, 0.05) is 11.0 Å². The summed E-state index contributed by atoms with van der Waals surface area (Å²) in [5.74, 6) is 0.00810. The van der Waals surface area contributed by atoms with Gasteiger partial charge in [0.1, 0.15) is 0 Å². The number of hydrogen-bond acceptors (Lipinski definition) is 2. The summed E-state index contributed by atoms with van der Waals surface area (Å²) < 4.78 is 0.946. The lowest BCUT2D eigenvalue weighted by molar-refractivity contribution is -0.116. The Kier molecular flexibility index (Phi) is 2.56. The van der Waals surface area contributed by atoms with E-state index in [-0.39, 0.29) is 11.8 Å². The molecule has 1 aliphatic heterocycles. The van der Waals surface area contributed by atoms with Crippen LogP contribution in [0, 0.1) is 0 Å². The monoisotopic (exact) mass is 254 g/mol. The SMILES string of the molecule is CNCC1C(=O)Nc2c(Br)cccc21. The lowest BCUT2D eigenvalue weighted by Crippen LogP contribution is -2.23. The molecule has 0 spiro atoms. The molecule has 0 bridgehead atoms. The number of likely N-dealkylation sites (N-methyl/N-ethyl adjacent to an activating group) is 1. The molecule has 1 aliphatic rings. The van der Waals surface area contributed by atoms with Gasteiger partial charge in [-0.2, -0.15) is 0 Å². The van der Waals surface area contributed by atoms with Gasteiger partial charge in [0.15, 0.2) is 0 Å². The fraction of sp³-hybridized carbons (Fsp3) is 0.300. The molecule has 2 rings (SSSR count). The van der Waals surface area contributed by atoms with Gasteiger partial charge in [0.25, 0.3) is 0 Å². The molecule has 1 aromatic carbocycles. The van der Waals surface area contributed by atoms with Crippen LogP contribution >= 0.6 is 15.9 Å². The fourth-order valence-corrected chi connectivity index (χ4v) is 2.20. The van der Waals surface area contributed by atoms with E-state index in [0.29, 0.717) is 6.54 Å². The molecule has 74 valence electrons.